The van der Waals surface area contributed by atoms with E-state index in [2.05, 4.69) is 20.5 Å². The van der Waals surface area contributed by atoms with Crippen LogP contribution >= 0.6 is 0 Å². The summed E-state index contributed by atoms with van der Waals surface area (Å²) >= 11 is 0. The third-order valence-corrected chi connectivity index (χ3v) is 5.18. The van der Waals surface area contributed by atoms with Crippen LogP contribution < -0.4 is 10.1 Å². The van der Waals surface area contributed by atoms with Gasteiger partial charge in [-0.25, -0.2) is 0 Å². The van der Waals surface area contributed by atoms with Crippen molar-refractivity contribution in [2.45, 2.75) is 25.3 Å². The van der Waals surface area contributed by atoms with Gasteiger partial charge in [0.15, 0.2) is 0 Å². The number of pyridine rings is 1. The maximum Gasteiger partial charge on any atom is 0.418 e. The van der Waals surface area contributed by atoms with Crippen molar-refractivity contribution in [3.63, 3.8) is 0 Å². The molecule has 1 amide bonds. The fraction of sp³-hybridized carbons (Fsp3) is 0.167. The fourth-order valence-electron chi connectivity index (χ4n) is 3.41. The number of fused-ring (bicyclic) bond motifs is 1. The van der Waals surface area contributed by atoms with E-state index >= 15 is 0 Å². The highest BCUT2D eigenvalue weighted by molar-refractivity contribution is 6.08. The number of rotatable bonds is 5. The molecule has 186 valence electrons. The maximum absolute atomic E-state index is 13.3. The van der Waals surface area contributed by atoms with Crippen LogP contribution in [-0.4, -0.2) is 21.1 Å². The van der Waals surface area contributed by atoms with Crippen LogP contribution in [0.3, 0.4) is 0 Å². The highest BCUT2D eigenvalue weighted by Gasteiger charge is 2.32. The molecule has 1 atom stereocenters. The van der Waals surface area contributed by atoms with Crippen LogP contribution in [0.1, 0.15) is 40.0 Å². The minimum absolute atomic E-state index is 0.156. The summed E-state index contributed by atoms with van der Waals surface area (Å²) in [4.78, 5) is 16.8. The highest BCUT2D eigenvalue weighted by atomic mass is 19.4. The summed E-state index contributed by atoms with van der Waals surface area (Å²) in [6.45, 7) is 1.49. The molecule has 0 fully saturated rings. The molecule has 12 heteroatoms. The topological polar surface area (TPSA) is 77.0 Å². The second-order valence-corrected chi connectivity index (χ2v) is 7.72. The van der Waals surface area contributed by atoms with E-state index < -0.39 is 41.3 Å². The second kappa shape index (κ2) is 9.44. The van der Waals surface area contributed by atoms with E-state index in [0.717, 1.165) is 18.3 Å². The number of halogens is 6. The summed E-state index contributed by atoms with van der Waals surface area (Å²) < 4.78 is 84.0. The van der Waals surface area contributed by atoms with Crippen molar-refractivity contribution in [2.75, 3.05) is 0 Å². The summed E-state index contributed by atoms with van der Waals surface area (Å²) in [6, 6.07) is 10.6. The van der Waals surface area contributed by atoms with Gasteiger partial charge in [0.25, 0.3) is 11.8 Å². The van der Waals surface area contributed by atoms with Gasteiger partial charge in [0.05, 0.1) is 28.9 Å². The lowest BCUT2D eigenvalue weighted by Gasteiger charge is -2.18. The molecule has 2 heterocycles. The second-order valence-electron chi connectivity index (χ2n) is 7.72. The predicted molar refractivity (Wildman–Crippen MR) is 116 cm³/mol. The third-order valence-electron chi connectivity index (χ3n) is 5.18. The Morgan fingerprint density at radius 1 is 0.889 bits per heavy atom. The molecule has 0 aliphatic carbocycles. The summed E-state index contributed by atoms with van der Waals surface area (Å²) in [6.07, 6.45) is -7.62. The first-order valence-electron chi connectivity index (χ1n) is 10.4. The van der Waals surface area contributed by atoms with Gasteiger partial charge in [0, 0.05) is 11.6 Å². The van der Waals surface area contributed by atoms with Gasteiger partial charge < -0.3 is 10.1 Å². The number of ether oxygens (including phenoxy) is 1. The highest BCUT2D eigenvalue weighted by Crippen LogP contribution is 2.34. The molecular weight excluding hydrogens is 490 g/mol. The van der Waals surface area contributed by atoms with Crippen LogP contribution in [-0.2, 0) is 12.4 Å². The van der Waals surface area contributed by atoms with Gasteiger partial charge in [-0.3, -0.25) is 9.78 Å². The quantitative estimate of drug-likeness (QED) is 0.320. The summed E-state index contributed by atoms with van der Waals surface area (Å²) in [5, 5.41) is 10.7. The van der Waals surface area contributed by atoms with Crippen molar-refractivity contribution in [3.8, 4) is 11.6 Å². The Bertz CT molecular complexity index is 1420. The van der Waals surface area contributed by atoms with Gasteiger partial charge in [0.1, 0.15) is 11.3 Å². The van der Waals surface area contributed by atoms with Crippen molar-refractivity contribution in [1.82, 2.24) is 20.5 Å². The van der Waals surface area contributed by atoms with Gasteiger partial charge in [0.2, 0.25) is 0 Å². The lowest BCUT2D eigenvalue weighted by molar-refractivity contribution is -0.138. The molecule has 0 radical (unpaired) electrons. The minimum atomic E-state index is -4.68. The predicted octanol–water partition coefficient (Wildman–Crippen LogP) is 6.35. The summed E-state index contributed by atoms with van der Waals surface area (Å²) in [5.41, 5.74) is -1.62. The lowest BCUT2D eigenvalue weighted by atomic mass is 10.0. The molecule has 0 aliphatic heterocycles. The monoisotopic (exact) mass is 506 g/mol. The molecule has 2 aromatic carbocycles. The Labute approximate surface area is 199 Å². The van der Waals surface area contributed by atoms with Gasteiger partial charge in [-0.15, -0.1) is 10.2 Å². The van der Waals surface area contributed by atoms with E-state index in [4.69, 9.17) is 4.74 Å². The summed E-state index contributed by atoms with van der Waals surface area (Å²) in [5.74, 6) is -1.51. The zero-order valence-corrected chi connectivity index (χ0v) is 18.4. The molecule has 1 N–H and O–H groups in total. The van der Waals surface area contributed by atoms with Crippen LogP contribution in [0.5, 0.6) is 11.6 Å². The van der Waals surface area contributed by atoms with Crippen LogP contribution in [0.25, 0.3) is 10.9 Å². The molecule has 4 aromatic rings. The Morgan fingerprint density at radius 2 is 1.61 bits per heavy atom. The van der Waals surface area contributed by atoms with E-state index in [9.17, 15) is 31.1 Å². The number of aromatic nitrogens is 3. The van der Waals surface area contributed by atoms with E-state index in [1.54, 1.807) is 18.2 Å². The van der Waals surface area contributed by atoms with Crippen molar-refractivity contribution in [3.05, 3.63) is 89.2 Å². The lowest BCUT2D eigenvalue weighted by Crippen LogP contribution is -2.28. The van der Waals surface area contributed by atoms with Gasteiger partial charge in [-0.05, 0) is 36.8 Å². The first kappa shape index (κ1) is 24.9. The SMILES string of the molecule is C[C@H](NC(=O)c1c(Oc2cncc(C(F)(F)F)c2)nnc2ccccc12)c1cccc(C(F)(F)F)c1. The average molecular weight is 506 g/mol. The number of nitrogens with zero attached hydrogens (tertiary/aromatic N) is 3. The molecule has 0 unspecified atom stereocenters. The van der Waals surface area contributed by atoms with Crippen molar-refractivity contribution in [1.29, 1.82) is 0 Å². The Morgan fingerprint density at radius 3 is 2.33 bits per heavy atom. The fourth-order valence-corrected chi connectivity index (χ4v) is 3.41. The molecule has 2 aromatic heterocycles. The number of alkyl halides is 6. The number of carbonyl (C=O) groups excluding carboxylic acids is 1. The van der Waals surface area contributed by atoms with Crippen molar-refractivity contribution in [2.24, 2.45) is 0 Å². The standard InChI is InChI=1S/C24H16F6N4O2/c1-13(14-5-4-6-15(9-14)23(25,26)27)32-21(35)20-18-7-2-3-8-19(18)33-34-22(20)36-17-10-16(11-31-12-17)24(28,29)30/h2-13H,1H3,(H,32,35)/t13-/m0/s1. The third kappa shape index (κ3) is 5.37. The van der Waals surface area contributed by atoms with Crippen LogP contribution in [0, 0.1) is 0 Å². The number of carbonyl (C=O) groups is 1. The van der Waals surface area contributed by atoms with E-state index in [1.807, 2.05) is 0 Å². The van der Waals surface area contributed by atoms with Gasteiger partial charge >= 0.3 is 12.4 Å². The summed E-state index contributed by atoms with van der Waals surface area (Å²) in [7, 11) is 0. The number of nitrogens with one attached hydrogen (secondary N) is 1. The van der Waals surface area contributed by atoms with E-state index in [0.29, 0.717) is 17.8 Å². The normalized spacial score (nSPS) is 12.9. The van der Waals surface area contributed by atoms with Crippen LogP contribution in [0.2, 0.25) is 0 Å². The molecule has 0 saturated carbocycles. The van der Waals surface area contributed by atoms with Crippen molar-refractivity contribution >= 4 is 16.8 Å². The Hall–Kier alpha value is -4.22. The number of hydrogen-bond acceptors (Lipinski definition) is 5. The first-order valence-corrected chi connectivity index (χ1v) is 10.4. The van der Waals surface area contributed by atoms with Crippen molar-refractivity contribution < 1.29 is 35.9 Å². The molecule has 0 bridgehead atoms. The molecule has 0 spiro atoms. The van der Waals surface area contributed by atoms with Gasteiger partial charge in [-0.2, -0.15) is 26.3 Å². The minimum Gasteiger partial charge on any atom is -0.435 e. The van der Waals surface area contributed by atoms with Crippen LogP contribution in [0.4, 0.5) is 26.3 Å². The van der Waals surface area contributed by atoms with E-state index in [-0.39, 0.29) is 22.3 Å². The number of amides is 1. The number of benzene rings is 2. The molecule has 6 nitrogen and oxygen atoms in total. The molecule has 0 saturated heterocycles. The number of hydrogen-bond donors (Lipinski definition) is 1. The zero-order chi connectivity index (χ0) is 26.1. The zero-order valence-electron chi connectivity index (χ0n) is 18.4. The van der Waals surface area contributed by atoms with Crippen LogP contribution in [0.15, 0.2) is 67.0 Å². The van der Waals surface area contributed by atoms with Gasteiger partial charge in [-0.1, -0.05) is 30.3 Å². The Kier molecular flexibility index (Phi) is 6.53. The van der Waals surface area contributed by atoms with E-state index in [1.165, 1.54) is 25.1 Å². The largest absolute Gasteiger partial charge is 0.435 e. The molecule has 0 aliphatic rings. The maximum atomic E-state index is 13.3. The average Bonchev–Trinajstić information content (AvgIpc) is 2.83. The molecular formula is C24H16F6N4O2. The molecule has 4 rings (SSSR count). The molecule has 36 heavy (non-hydrogen) atoms. The first-order chi connectivity index (χ1) is 16.9. The Balaban J connectivity index is 1.70. The smallest absolute Gasteiger partial charge is 0.418 e.